The van der Waals surface area contributed by atoms with Gasteiger partial charge in [-0.3, -0.25) is 18.9 Å². The van der Waals surface area contributed by atoms with Crippen molar-refractivity contribution in [2.75, 3.05) is 11.5 Å². The van der Waals surface area contributed by atoms with Crippen molar-refractivity contribution in [3.05, 3.63) is 101 Å². The number of ketones is 1. The summed E-state index contributed by atoms with van der Waals surface area (Å²) >= 11 is 0. The van der Waals surface area contributed by atoms with Crippen molar-refractivity contribution in [3.8, 4) is 0 Å². The fourth-order valence-electron chi connectivity index (χ4n) is 10.7. The van der Waals surface area contributed by atoms with Gasteiger partial charge < -0.3 is 29.5 Å². The average molecular weight is 732 g/mol. The highest BCUT2D eigenvalue weighted by Gasteiger charge is 2.75. The second-order valence-electron chi connectivity index (χ2n) is 15.6. The third-order valence-corrected chi connectivity index (χ3v) is 13.3. The van der Waals surface area contributed by atoms with Crippen molar-refractivity contribution in [2.45, 2.75) is 76.2 Å². The number of ether oxygens (including phenoxy) is 2. The fourth-order valence-corrected chi connectivity index (χ4v) is 11.0. The van der Waals surface area contributed by atoms with E-state index in [4.69, 9.17) is 14.0 Å². The second kappa shape index (κ2) is 12.5. The molecule has 10 atom stereocenters. The molecule has 0 radical (unpaired) electrons. The molecule has 2 heterocycles. The predicted molar refractivity (Wildman–Crippen MR) is 186 cm³/mol. The van der Waals surface area contributed by atoms with Crippen molar-refractivity contribution in [1.29, 1.82) is 0 Å². The van der Waals surface area contributed by atoms with Gasteiger partial charge in [-0.1, -0.05) is 61.9 Å². The summed E-state index contributed by atoms with van der Waals surface area (Å²) in [5, 5.41) is 23.9. The number of aliphatic hydroxyl groups excluding tert-OH is 2. The van der Waals surface area contributed by atoms with Crippen LogP contribution in [0.5, 0.6) is 0 Å². The Morgan fingerprint density at radius 1 is 1.02 bits per heavy atom. The second-order valence-corrected chi connectivity index (χ2v) is 16.8. The third-order valence-electron chi connectivity index (χ3n) is 12.8. The van der Waals surface area contributed by atoms with Crippen molar-refractivity contribution in [1.82, 2.24) is 0 Å². The van der Waals surface area contributed by atoms with E-state index in [1.54, 1.807) is 30.4 Å². The van der Waals surface area contributed by atoms with Crippen molar-refractivity contribution < 1.29 is 52.9 Å². The molecule has 0 aromatic heterocycles. The van der Waals surface area contributed by atoms with Crippen LogP contribution in [0.3, 0.4) is 0 Å². The van der Waals surface area contributed by atoms with E-state index in [0.717, 1.165) is 28.0 Å². The van der Waals surface area contributed by atoms with Gasteiger partial charge in [0.05, 0.1) is 24.5 Å². The molecule has 4 aliphatic carbocycles. The number of nitrogens with zero attached hydrogens (tertiary/aromatic N) is 1. The highest BCUT2D eigenvalue weighted by atomic mass is 31.2. The number of amides is 2. The Bertz CT molecular complexity index is 1950. The first-order valence-corrected chi connectivity index (χ1v) is 19.2. The van der Waals surface area contributed by atoms with E-state index in [1.807, 2.05) is 43.3 Å². The normalized spacial score (nSPS) is 37.1. The van der Waals surface area contributed by atoms with Crippen LogP contribution in [0.15, 0.2) is 84.5 Å². The molecular weight excluding hydrogens is 689 g/mol. The third kappa shape index (κ3) is 5.54. The van der Waals surface area contributed by atoms with Gasteiger partial charge in [-0.05, 0) is 79.4 Å². The number of aliphatic hydroxyl groups is 2. The molecular formula is C39H42NO11P. The van der Waals surface area contributed by atoms with Crippen molar-refractivity contribution in [3.63, 3.8) is 0 Å². The SMILES string of the molecule is C[C@]12C=CC(=O)C=C1CC[C@@H]1[C@@H]2[C@@H](O)C[C@@]2(C)[C@H]1C[C@H]1O[C@@H](c3ccc(Cc4cccc(N5C(=O)C=CC5=O)c4)cc3)O[C@]12C(O)COP(=O)(O)O. The molecule has 2 aromatic rings. The minimum Gasteiger partial charge on any atom is -0.393 e. The molecule has 0 spiro atoms. The van der Waals surface area contributed by atoms with Crippen LogP contribution in [-0.4, -0.2) is 68.1 Å². The highest BCUT2D eigenvalue weighted by Crippen LogP contribution is 2.71. The number of carbonyl (C=O) groups is 3. The van der Waals surface area contributed by atoms with Gasteiger partial charge in [-0.15, -0.1) is 0 Å². The quantitative estimate of drug-likeness (QED) is 0.226. The smallest absolute Gasteiger partial charge is 0.393 e. The van der Waals surface area contributed by atoms with Gasteiger partial charge in [-0.25, -0.2) is 9.46 Å². The molecule has 2 aromatic carbocycles. The topological polar surface area (TPSA) is 180 Å². The van der Waals surface area contributed by atoms with Crippen LogP contribution in [0, 0.1) is 28.6 Å². The summed E-state index contributed by atoms with van der Waals surface area (Å²) in [6.07, 6.45) is 6.50. The maximum absolute atomic E-state index is 12.3. The molecule has 52 heavy (non-hydrogen) atoms. The first kappa shape index (κ1) is 35.4. The van der Waals surface area contributed by atoms with E-state index in [-0.39, 0.29) is 41.8 Å². The largest absolute Gasteiger partial charge is 0.469 e. The Labute approximate surface area is 301 Å². The standard InChI is InChI=1S/C39H42NO11P/c1-37-15-14-27(41)18-25(37)10-11-28-29-19-32-39(31(43)21-49-52(46,47)48,38(29,2)20-30(42)35(28)37)51-36(50-32)24-8-6-22(7-9-24)16-23-4-3-5-26(17-23)40-33(44)12-13-34(40)45/h3-9,12-15,17-18,28-32,35-36,42-43H,10-11,16,19-21H2,1-2H3,(H2,46,47,48)/t28-,29-,30-,31?,32+,35+,36+,37-,38-,39+/m0/s1. The lowest BCUT2D eigenvalue weighted by atomic mass is 9.46. The number of hydrogen-bond donors (Lipinski definition) is 4. The fraction of sp³-hybridized carbons (Fsp3) is 0.462. The van der Waals surface area contributed by atoms with Crippen LogP contribution in [0.2, 0.25) is 0 Å². The Kier molecular flexibility index (Phi) is 8.52. The van der Waals surface area contributed by atoms with Crippen LogP contribution in [0.4, 0.5) is 5.69 Å². The molecule has 8 rings (SSSR count). The van der Waals surface area contributed by atoms with Gasteiger partial charge in [-0.2, -0.15) is 0 Å². The van der Waals surface area contributed by atoms with Crippen LogP contribution in [-0.2, 0) is 39.4 Å². The summed E-state index contributed by atoms with van der Waals surface area (Å²) in [6, 6.07) is 14.8. The number of benzene rings is 2. The summed E-state index contributed by atoms with van der Waals surface area (Å²) in [7, 11) is -4.93. The molecule has 3 saturated carbocycles. The predicted octanol–water partition coefficient (Wildman–Crippen LogP) is 4.22. The number of phosphoric acid groups is 1. The van der Waals surface area contributed by atoms with Gasteiger partial charge >= 0.3 is 7.82 Å². The first-order chi connectivity index (χ1) is 24.6. The minimum absolute atomic E-state index is 0.00698. The Hall–Kier alpha value is -3.58. The van der Waals surface area contributed by atoms with Crippen LogP contribution in [0.1, 0.15) is 62.5 Å². The summed E-state index contributed by atoms with van der Waals surface area (Å²) in [6.45, 7) is 3.37. The number of phosphoric ester groups is 1. The zero-order valence-corrected chi connectivity index (χ0v) is 29.7. The lowest BCUT2D eigenvalue weighted by Crippen LogP contribution is -2.64. The van der Waals surface area contributed by atoms with Gasteiger partial charge in [0.1, 0.15) is 11.7 Å². The van der Waals surface area contributed by atoms with Crippen molar-refractivity contribution >= 4 is 31.1 Å². The number of carbonyl (C=O) groups excluding carboxylic acids is 3. The lowest BCUT2D eigenvalue weighted by Gasteiger charge is -2.60. The Balaban J connectivity index is 1.06. The highest BCUT2D eigenvalue weighted by molar-refractivity contribution is 7.46. The first-order valence-electron chi connectivity index (χ1n) is 17.7. The number of hydrogen-bond acceptors (Lipinski definition) is 9. The maximum Gasteiger partial charge on any atom is 0.469 e. The zero-order valence-electron chi connectivity index (χ0n) is 28.8. The van der Waals surface area contributed by atoms with Crippen molar-refractivity contribution in [2.24, 2.45) is 28.6 Å². The molecule has 0 bridgehead atoms. The molecule has 1 unspecified atom stereocenters. The lowest BCUT2D eigenvalue weighted by molar-refractivity contribution is -0.231. The molecule has 274 valence electrons. The van der Waals surface area contributed by atoms with Gasteiger partial charge in [0.2, 0.25) is 0 Å². The summed E-state index contributed by atoms with van der Waals surface area (Å²) in [5.74, 6) is -1.06. The Morgan fingerprint density at radius 2 is 1.75 bits per heavy atom. The number of fused-ring (bicyclic) bond motifs is 7. The minimum atomic E-state index is -4.93. The monoisotopic (exact) mass is 731 g/mol. The zero-order chi connectivity index (χ0) is 36.8. The molecule has 13 heteroatoms. The molecule has 2 aliphatic heterocycles. The maximum atomic E-state index is 12.3. The molecule has 1 saturated heterocycles. The summed E-state index contributed by atoms with van der Waals surface area (Å²) < 4.78 is 30.1. The van der Waals surface area contributed by atoms with E-state index in [0.29, 0.717) is 30.5 Å². The van der Waals surface area contributed by atoms with E-state index in [2.05, 4.69) is 6.92 Å². The molecule has 4 N–H and O–H groups in total. The van der Waals surface area contributed by atoms with Crippen LogP contribution >= 0.6 is 7.82 Å². The molecule has 12 nitrogen and oxygen atoms in total. The molecule has 6 aliphatic rings. The number of imide groups is 1. The van der Waals surface area contributed by atoms with Crippen LogP contribution < -0.4 is 4.90 Å². The van der Waals surface area contributed by atoms with Gasteiger partial charge in [0.25, 0.3) is 11.8 Å². The van der Waals surface area contributed by atoms with E-state index in [1.165, 1.54) is 12.2 Å². The number of anilines is 1. The summed E-state index contributed by atoms with van der Waals surface area (Å²) in [4.78, 5) is 56.9. The summed E-state index contributed by atoms with van der Waals surface area (Å²) in [5.41, 5.74) is 1.22. The van der Waals surface area contributed by atoms with E-state index < -0.39 is 55.5 Å². The molecule has 2 amide bonds. The number of rotatable bonds is 8. The van der Waals surface area contributed by atoms with E-state index >= 15 is 0 Å². The average Bonchev–Trinajstić information content (AvgIpc) is 3.72. The molecule has 4 fully saturated rings. The van der Waals surface area contributed by atoms with E-state index in [9.17, 15) is 38.9 Å². The van der Waals surface area contributed by atoms with Crippen LogP contribution in [0.25, 0.3) is 0 Å². The Morgan fingerprint density at radius 3 is 2.46 bits per heavy atom. The number of allylic oxidation sites excluding steroid dienone is 4. The van der Waals surface area contributed by atoms with Gasteiger partial charge in [0.15, 0.2) is 12.1 Å². The van der Waals surface area contributed by atoms with Gasteiger partial charge in [0, 0.05) is 34.5 Å².